The Kier molecular flexibility index (Phi) is 8.81. The Labute approximate surface area is 366 Å². The van der Waals surface area contributed by atoms with Gasteiger partial charge in [-0.05, 0) is 62.2 Å². The fraction of sp³-hybridized carbons (Fsp3) is 0. The average molecular weight is 909 g/mol. The van der Waals surface area contributed by atoms with Crippen LogP contribution in [0.1, 0.15) is 16.7 Å². The van der Waals surface area contributed by atoms with E-state index in [1.165, 1.54) is 10.8 Å². The molecule has 1 aliphatic heterocycles. The van der Waals surface area contributed by atoms with Crippen molar-refractivity contribution in [3.05, 3.63) is 211 Å². The van der Waals surface area contributed by atoms with Gasteiger partial charge in [0.05, 0.1) is 0 Å². The Morgan fingerprint density at radius 3 is 1.55 bits per heavy atom. The zero-order valence-electron chi connectivity index (χ0n) is 33.0. The van der Waals surface area contributed by atoms with Gasteiger partial charge in [-0.15, -0.1) is 0 Å². The number of hydrogen-bond acceptors (Lipinski definition) is 6. The van der Waals surface area contributed by atoms with Gasteiger partial charge in [0.25, 0.3) is 0 Å². The Balaban J connectivity index is 0.894. The third-order valence-corrected chi connectivity index (χ3v) is 14.0. The summed E-state index contributed by atoms with van der Waals surface area (Å²) in [5.41, 5.74) is 12.1. The van der Waals surface area contributed by atoms with E-state index >= 15 is 0 Å². The van der Waals surface area contributed by atoms with Gasteiger partial charge in [0.2, 0.25) is 0 Å². The number of para-hydroxylation sites is 2. The Morgan fingerprint density at radius 1 is 0.355 bits per heavy atom. The fourth-order valence-electron chi connectivity index (χ4n) is 8.10. The molecule has 3 aromatic heterocycles. The van der Waals surface area contributed by atoms with Crippen LogP contribution in [0.5, 0.6) is 0 Å². The van der Waals surface area contributed by atoms with Gasteiger partial charge in [0, 0.05) is 66.0 Å². The van der Waals surface area contributed by atoms with E-state index < -0.39 is 20.7 Å². The van der Waals surface area contributed by atoms with E-state index in [-0.39, 0.29) is 0 Å². The summed E-state index contributed by atoms with van der Waals surface area (Å²) >= 11 is -0.743. The summed E-state index contributed by atoms with van der Waals surface area (Å²) in [7, 11) is 0. The lowest BCUT2D eigenvalue weighted by Gasteiger charge is -2.14. The number of H-pyrrole nitrogens is 1. The maximum Gasteiger partial charge on any atom is 0.164 e. The zero-order chi connectivity index (χ0) is 41.0. The molecule has 7 nitrogen and oxygen atoms in total. The maximum absolute atomic E-state index is 6.32. The largest absolute Gasteiger partial charge is 0.456 e. The van der Waals surface area contributed by atoms with Crippen LogP contribution in [0.25, 0.3) is 89.0 Å². The molecule has 0 radical (unpaired) electrons. The van der Waals surface area contributed by atoms with Crippen molar-refractivity contribution in [1.29, 1.82) is 0 Å². The molecule has 8 aromatic carbocycles. The van der Waals surface area contributed by atoms with Gasteiger partial charge in [-0.2, -0.15) is 0 Å². The van der Waals surface area contributed by atoms with Crippen LogP contribution < -0.4 is 0 Å². The molecule has 0 saturated heterocycles. The number of rotatable bonds is 7. The number of benzene rings is 8. The first-order valence-electron chi connectivity index (χ1n) is 20.4. The molecule has 1 N–H and O–H groups in total. The van der Waals surface area contributed by atoms with E-state index in [1.54, 1.807) is 0 Å². The number of halogens is 1. The SMILES string of the molecule is c1ccc(-c2nc(-c3ccccc3)nc(-c3ccc(-c4ccc(C5=NC(c6ccc7c(c6)[nH]c6ccccc67)=IC(c6ccc7c(c6)oc6ccccc67)=N5)cc4)cc3)n2)cc1. The predicted octanol–water partition coefficient (Wildman–Crippen LogP) is 13.4. The summed E-state index contributed by atoms with van der Waals surface area (Å²) < 4.78 is 8.44. The maximum atomic E-state index is 6.32. The topological polar surface area (TPSA) is 92.3 Å². The summed E-state index contributed by atoms with van der Waals surface area (Å²) in [6, 6.07) is 66.8. The van der Waals surface area contributed by atoms with Gasteiger partial charge >= 0.3 is 0 Å². The molecular formula is C54H33IN6O. The van der Waals surface area contributed by atoms with Crippen molar-refractivity contribution in [3.8, 4) is 45.3 Å². The molecule has 12 rings (SSSR count). The summed E-state index contributed by atoms with van der Waals surface area (Å²) in [5.74, 6) is 2.60. The number of nitrogens with one attached hydrogen (secondary N) is 1. The first kappa shape index (κ1) is 36.2. The number of nitrogens with zero attached hydrogens (tertiary/aromatic N) is 5. The van der Waals surface area contributed by atoms with Crippen LogP contribution in [-0.4, -0.2) is 33.1 Å². The lowest BCUT2D eigenvalue weighted by atomic mass is 10.0. The summed E-state index contributed by atoms with van der Waals surface area (Å²) in [4.78, 5) is 28.9. The van der Waals surface area contributed by atoms with Gasteiger partial charge in [0.15, 0.2) is 23.3 Å². The van der Waals surface area contributed by atoms with E-state index in [1.807, 2.05) is 72.8 Å². The number of aliphatic imine (C=N–C) groups is 2. The van der Waals surface area contributed by atoms with Crippen molar-refractivity contribution >= 4 is 77.7 Å². The first-order valence-corrected chi connectivity index (χ1v) is 22.5. The average Bonchev–Trinajstić information content (AvgIpc) is 3.92. The van der Waals surface area contributed by atoms with E-state index in [4.69, 9.17) is 29.4 Å². The minimum absolute atomic E-state index is 0.626. The first-order chi connectivity index (χ1) is 30.7. The smallest absolute Gasteiger partial charge is 0.164 e. The van der Waals surface area contributed by atoms with Crippen LogP contribution in [0.3, 0.4) is 0 Å². The standard InChI is InChI=1S/C54H33IN6O/c1-3-11-35(12-4-1)52-59-53(36-13-5-2-6-14-36)61-54(60-52)38-25-21-34(22-26-38)33-19-23-37(24-20-33)51-57-49(39-27-29-42-41-15-7-9-17-45(41)56-46(42)31-39)55-50(58-51)40-28-30-44-43-16-8-10-18-47(43)62-48(44)32-40/h1-32,56H. The van der Waals surface area contributed by atoms with Gasteiger partial charge in [-0.3, -0.25) is 0 Å². The molecule has 0 aliphatic carbocycles. The highest BCUT2D eigenvalue weighted by molar-refractivity contribution is 14.2. The van der Waals surface area contributed by atoms with Crippen LogP contribution in [0.2, 0.25) is 0 Å². The van der Waals surface area contributed by atoms with Gasteiger partial charge in [-0.1, -0.05) is 164 Å². The minimum Gasteiger partial charge on any atom is -0.456 e. The molecule has 0 bridgehead atoms. The Bertz CT molecular complexity index is 3440. The second kappa shape index (κ2) is 15.1. The number of furan rings is 1. The number of aromatic amines is 1. The van der Waals surface area contributed by atoms with Crippen molar-refractivity contribution in [2.45, 2.75) is 0 Å². The molecule has 62 heavy (non-hydrogen) atoms. The zero-order valence-corrected chi connectivity index (χ0v) is 35.2. The van der Waals surface area contributed by atoms with Crippen LogP contribution in [-0.2, 0) is 0 Å². The molecule has 292 valence electrons. The van der Waals surface area contributed by atoms with Gasteiger partial charge < -0.3 is 9.40 Å². The van der Waals surface area contributed by atoms with Crippen LogP contribution >= 0.6 is 20.7 Å². The van der Waals surface area contributed by atoms with Gasteiger partial charge in [-0.25, -0.2) is 24.9 Å². The summed E-state index contributed by atoms with van der Waals surface area (Å²) in [5, 5.41) is 4.65. The lowest BCUT2D eigenvalue weighted by Crippen LogP contribution is -2.11. The quantitative estimate of drug-likeness (QED) is 0.161. The van der Waals surface area contributed by atoms with Crippen LogP contribution in [0.15, 0.2) is 209 Å². The monoisotopic (exact) mass is 908 g/mol. The number of hydrogen-bond donors (Lipinski definition) is 1. The third kappa shape index (κ3) is 6.61. The van der Waals surface area contributed by atoms with E-state index in [0.29, 0.717) is 23.3 Å². The molecule has 0 saturated carbocycles. The van der Waals surface area contributed by atoms with Crippen LogP contribution in [0.4, 0.5) is 0 Å². The van der Waals surface area contributed by atoms with E-state index in [2.05, 4.69) is 126 Å². The summed E-state index contributed by atoms with van der Waals surface area (Å²) in [6.45, 7) is 0. The second-order valence-electron chi connectivity index (χ2n) is 15.2. The van der Waals surface area contributed by atoms with E-state index in [0.717, 1.165) is 84.8 Å². The molecule has 0 atom stereocenters. The van der Waals surface area contributed by atoms with Crippen molar-refractivity contribution in [1.82, 2.24) is 19.9 Å². The van der Waals surface area contributed by atoms with Crippen molar-refractivity contribution in [3.63, 3.8) is 0 Å². The highest BCUT2D eigenvalue weighted by atomic mass is 127. The number of fused-ring (bicyclic) bond motifs is 6. The second-order valence-corrected chi connectivity index (χ2v) is 17.7. The molecule has 8 heteroatoms. The molecule has 11 aromatic rings. The fourth-order valence-corrected chi connectivity index (χ4v) is 10.6. The molecular weight excluding hydrogens is 876 g/mol. The normalized spacial score (nSPS) is 12.9. The molecule has 0 fully saturated rings. The molecule has 0 unspecified atom stereocenters. The van der Waals surface area contributed by atoms with Crippen LogP contribution in [0, 0.1) is 0 Å². The molecule has 0 spiro atoms. The van der Waals surface area contributed by atoms with Gasteiger partial charge in [0.1, 0.15) is 18.5 Å². The lowest BCUT2D eigenvalue weighted by molar-refractivity contribution is 0.669. The highest BCUT2D eigenvalue weighted by Crippen LogP contribution is 2.34. The van der Waals surface area contributed by atoms with Crippen molar-refractivity contribution in [2.24, 2.45) is 9.98 Å². The third-order valence-electron chi connectivity index (χ3n) is 11.3. The van der Waals surface area contributed by atoms with Crippen molar-refractivity contribution < 1.29 is 4.42 Å². The predicted molar refractivity (Wildman–Crippen MR) is 262 cm³/mol. The Morgan fingerprint density at radius 2 is 0.855 bits per heavy atom. The van der Waals surface area contributed by atoms with E-state index in [9.17, 15) is 0 Å². The highest BCUT2D eigenvalue weighted by Gasteiger charge is 2.19. The number of aromatic nitrogens is 4. The molecule has 1 aliphatic rings. The van der Waals surface area contributed by atoms with Crippen molar-refractivity contribution in [2.75, 3.05) is 0 Å². The Hall–Kier alpha value is -7.69. The summed E-state index contributed by atoms with van der Waals surface area (Å²) in [6.07, 6.45) is 0. The molecule has 0 amide bonds. The number of amidine groups is 1. The minimum atomic E-state index is -0.743. The molecule has 4 heterocycles.